The van der Waals surface area contributed by atoms with E-state index in [-0.39, 0.29) is 18.6 Å². The molecule has 0 atom stereocenters. The van der Waals surface area contributed by atoms with Crippen molar-refractivity contribution >= 4 is 12.4 Å². The fraction of sp³-hybridized carbons (Fsp3) is 1.00. The lowest BCUT2D eigenvalue weighted by Crippen LogP contribution is -1.87. The highest BCUT2D eigenvalue weighted by Crippen LogP contribution is 2.11. The molecular weight excluding hydrogens is 194 g/mol. The molecule has 0 saturated carbocycles. The van der Waals surface area contributed by atoms with Gasteiger partial charge in [-0.25, -0.2) is 0 Å². The standard InChI is InChI=1S/C12H26.ClH.H3N/c1-4-5-6-7-8-9-10-11-12(2)3;;/h12H,4-11H2,1-3H3;1H;1H3. The predicted molar refractivity (Wildman–Crippen MR) is 69.7 cm³/mol. The molecule has 0 spiro atoms. The predicted octanol–water partition coefficient (Wildman–Crippen LogP) is 5.37. The van der Waals surface area contributed by atoms with E-state index in [1.807, 2.05) is 0 Å². The average Bonchev–Trinajstić information content (AvgIpc) is 2.02. The Morgan fingerprint density at radius 2 is 1.21 bits per heavy atom. The summed E-state index contributed by atoms with van der Waals surface area (Å²) in [4.78, 5) is 0. The number of hydrogen-bond donors (Lipinski definition) is 1. The normalized spacial score (nSPS) is 9.43. The second-order valence-corrected chi connectivity index (χ2v) is 4.30. The van der Waals surface area contributed by atoms with Crippen LogP contribution in [0.4, 0.5) is 0 Å². The Hall–Kier alpha value is 0.250. The van der Waals surface area contributed by atoms with Crippen LogP contribution in [0.3, 0.4) is 0 Å². The number of unbranched alkanes of at least 4 members (excludes halogenated alkanes) is 6. The average molecular weight is 224 g/mol. The zero-order valence-corrected chi connectivity index (χ0v) is 11.2. The zero-order chi connectivity index (χ0) is 9.23. The van der Waals surface area contributed by atoms with Crippen molar-refractivity contribution in [2.24, 2.45) is 5.92 Å². The molecule has 0 bridgehead atoms. The first-order valence-electron chi connectivity index (χ1n) is 5.77. The molecule has 0 fully saturated rings. The first-order valence-corrected chi connectivity index (χ1v) is 5.77. The maximum absolute atomic E-state index is 2.32. The monoisotopic (exact) mass is 223 g/mol. The molecule has 0 saturated heterocycles. The van der Waals surface area contributed by atoms with Crippen molar-refractivity contribution in [1.82, 2.24) is 6.15 Å². The van der Waals surface area contributed by atoms with Crippen LogP contribution in [-0.4, -0.2) is 0 Å². The third-order valence-electron chi connectivity index (χ3n) is 2.39. The van der Waals surface area contributed by atoms with E-state index in [0.717, 1.165) is 5.92 Å². The fourth-order valence-corrected chi connectivity index (χ4v) is 1.51. The zero-order valence-electron chi connectivity index (χ0n) is 10.3. The third-order valence-corrected chi connectivity index (χ3v) is 2.39. The van der Waals surface area contributed by atoms with Gasteiger partial charge in [0.25, 0.3) is 0 Å². The van der Waals surface area contributed by atoms with Gasteiger partial charge in [-0.15, -0.1) is 12.4 Å². The lowest BCUT2D eigenvalue weighted by Gasteiger charge is -2.03. The number of rotatable bonds is 8. The summed E-state index contributed by atoms with van der Waals surface area (Å²) in [6.07, 6.45) is 11.5. The Morgan fingerprint density at radius 1 is 0.786 bits per heavy atom. The van der Waals surface area contributed by atoms with Gasteiger partial charge in [-0.1, -0.05) is 72.1 Å². The maximum atomic E-state index is 2.32. The molecule has 0 aliphatic heterocycles. The lowest BCUT2D eigenvalue weighted by molar-refractivity contribution is 0.511. The van der Waals surface area contributed by atoms with E-state index in [9.17, 15) is 0 Å². The van der Waals surface area contributed by atoms with Crippen LogP contribution in [0.15, 0.2) is 0 Å². The van der Waals surface area contributed by atoms with Crippen LogP contribution < -0.4 is 6.15 Å². The quantitative estimate of drug-likeness (QED) is 0.552. The molecule has 0 heterocycles. The number of halogens is 1. The Labute approximate surface area is 97.0 Å². The molecule has 0 aromatic heterocycles. The highest BCUT2D eigenvalue weighted by atomic mass is 35.5. The van der Waals surface area contributed by atoms with Crippen molar-refractivity contribution < 1.29 is 0 Å². The summed E-state index contributed by atoms with van der Waals surface area (Å²) in [5.41, 5.74) is 0. The Balaban J connectivity index is -0.000000605. The summed E-state index contributed by atoms with van der Waals surface area (Å²) in [5, 5.41) is 0. The van der Waals surface area contributed by atoms with Gasteiger partial charge in [-0.2, -0.15) is 0 Å². The van der Waals surface area contributed by atoms with E-state index in [2.05, 4.69) is 20.8 Å². The van der Waals surface area contributed by atoms with E-state index in [0.29, 0.717) is 0 Å². The van der Waals surface area contributed by atoms with Crippen molar-refractivity contribution in [3.8, 4) is 0 Å². The molecule has 0 radical (unpaired) electrons. The highest BCUT2D eigenvalue weighted by molar-refractivity contribution is 5.85. The first kappa shape index (κ1) is 19.8. The molecule has 0 amide bonds. The second kappa shape index (κ2) is 15.7. The van der Waals surface area contributed by atoms with Gasteiger partial charge in [-0.05, 0) is 5.92 Å². The number of hydrogen-bond acceptors (Lipinski definition) is 1. The van der Waals surface area contributed by atoms with Crippen LogP contribution in [0, 0.1) is 5.92 Å². The Kier molecular flexibility index (Phi) is 22.2. The van der Waals surface area contributed by atoms with Gasteiger partial charge in [0.2, 0.25) is 0 Å². The van der Waals surface area contributed by atoms with E-state index in [4.69, 9.17) is 0 Å². The summed E-state index contributed by atoms with van der Waals surface area (Å²) in [5.74, 6) is 0.903. The van der Waals surface area contributed by atoms with Crippen LogP contribution in [0.1, 0.15) is 72.1 Å². The topological polar surface area (TPSA) is 35.0 Å². The van der Waals surface area contributed by atoms with Crippen molar-refractivity contribution in [3.63, 3.8) is 0 Å². The molecule has 1 nitrogen and oxygen atoms in total. The van der Waals surface area contributed by atoms with Gasteiger partial charge in [0.05, 0.1) is 0 Å². The van der Waals surface area contributed by atoms with Gasteiger partial charge in [0.1, 0.15) is 0 Å². The lowest BCUT2D eigenvalue weighted by atomic mass is 10.0. The van der Waals surface area contributed by atoms with E-state index >= 15 is 0 Å². The maximum Gasteiger partial charge on any atom is -0.0471 e. The molecule has 2 heteroatoms. The van der Waals surface area contributed by atoms with Gasteiger partial charge in [0.15, 0.2) is 0 Å². The minimum Gasteiger partial charge on any atom is -0.344 e. The summed E-state index contributed by atoms with van der Waals surface area (Å²) in [6, 6.07) is 0. The van der Waals surface area contributed by atoms with Crippen LogP contribution in [0.25, 0.3) is 0 Å². The van der Waals surface area contributed by atoms with Gasteiger partial charge in [-0.3, -0.25) is 0 Å². The molecule has 0 rings (SSSR count). The van der Waals surface area contributed by atoms with E-state index in [1.54, 1.807) is 0 Å². The molecule has 0 aliphatic carbocycles. The van der Waals surface area contributed by atoms with Gasteiger partial charge < -0.3 is 6.15 Å². The highest BCUT2D eigenvalue weighted by Gasteiger charge is 1.93. The van der Waals surface area contributed by atoms with Crippen molar-refractivity contribution in [1.29, 1.82) is 0 Å². The molecule has 0 unspecified atom stereocenters. The summed E-state index contributed by atoms with van der Waals surface area (Å²) in [6.45, 7) is 6.91. The Bertz CT molecular complexity index is 84.4. The molecule has 0 aromatic rings. The molecule has 0 aromatic carbocycles. The molecule has 14 heavy (non-hydrogen) atoms. The summed E-state index contributed by atoms with van der Waals surface area (Å²) < 4.78 is 0. The van der Waals surface area contributed by atoms with Crippen molar-refractivity contribution in [3.05, 3.63) is 0 Å². The summed E-state index contributed by atoms with van der Waals surface area (Å²) >= 11 is 0. The molecular formula is C12H30ClN. The smallest absolute Gasteiger partial charge is 0.0471 e. The fourth-order valence-electron chi connectivity index (χ4n) is 1.51. The molecule has 3 N–H and O–H groups in total. The Morgan fingerprint density at radius 3 is 1.64 bits per heavy atom. The molecule has 90 valence electrons. The van der Waals surface area contributed by atoms with E-state index < -0.39 is 0 Å². The second-order valence-electron chi connectivity index (χ2n) is 4.30. The van der Waals surface area contributed by atoms with Crippen molar-refractivity contribution in [2.75, 3.05) is 0 Å². The minimum absolute atomic E-state index is 0. The van der Waals surface area contributed by atoms with Gasteiger partial charge >= 0.3 is 0 Å². The SMILES string of the molecule is CCCCCCCCCC(C)C.Cl.N. The van der Waals surface area contributed by atoms with Crippen molar-refractivity contribution in [2.45, 2.75) is 72.1 Å². The molecule has 0 aliphatic rings. The first-order chi connectivity index (χ1) is 5.77. The van der Waals surface area contributed by atoms with Crippen LogP contribution in [0.5, 0.6) is 0 Å². The minimum atomic E-state index is 0. The van der Waals surface area contributed by atoms with Crippen LogP contribution in [0.2, 0.25) is 0 Å². The van der Waals surface area contributed by atoms with Crippen LogP contribution >= 0.6 is 12.4 Å². The largest absolute Gasteiger partial charge is 0.344 e. The van der Waals surface area contributed by atoms with Crippen LogP contribution in [-0.2, 0) is 0 Å². The van der Waals surface area contributed by atoms with Gasteiger partial charge in [0, 0.05) is 0 Å². The third kappa shape index (κ3) is 18.1. The van der Waals surface area contributed by atoms with E-state index in [1.165, 1.54) is 51.4 Å². The summed E-state index contributed by atoms with van der Waals surface area (Å²) in [7, 11) is 0.